The number of ether oxygens (including phenoxy) is 1. The van der Waals surface area contributed by atoms with Crippen molar-refractivity contribution in [2.75, 3.05) is 6.61 Å². The Hall–Kier alpha value is -2.69. The molecule has 5 heteroatoms. The minimum absolute atomic E-state index is 0.00763. The number of nitrogens with zero attached hydrogens (tertiary/aromatic N) is 1. The van der Waals surface area contributed by atoms with E-state index in [-0.39, 0.29) is 25.0 Å². The van der Waals surface area contributed by atoms with Crippen LogP contribution in [0, 0.1) is 0 Å². The number of amides is 1. The number of carbonyl (C=O) groups is 1. The molecule has 0 N–H and O–H groups in total. The van der Waals surface area contributed by atoms with Crippen molar-refractivity contribution < 1.29 is 14.2 Å². The molecule has 3 rings (SSSR count). The standard InChI is InChI=1S/C30H42BNO3/c1-4-7-12-21-28(35-31(22-8-5-2)23-9-6-3)32-27(24-34-30(32)33)29(25-17-13-10-14-18-25)26-19-15-11-16-20-26/h10-11,13-21,27,29H,4-9,12,22-24H2,1-3H3/b28-21-/t27-/m0/s1. The molecule has 1 heterocycles. The number of hydrogen-bond donors (Lipinski definition) is 0. The van der Waals surface area contributed by atoms with E-state index in [1.807, 2.05) is 17.0 Å². The maximum atomic E-state index is 13.2. The van der Waals surface area contributed by atoms with Crippen LogP contribution in [0.1, 0.15) is 82.8 Å². The Labute approximate surface area is 212 Å². The smallest absolute Gasteiger partial charge is 0.417 e. The van der Waals surface area contributed by atoms with Crippen LogP contribution in [-0.2, 0) is 9.39 Å². The van der Waals surface area contributed by atoms with Crippen molar-refractivity contribution in [1.29, 1.82) is 0 Å². The fraction of sp³-hybridized carbons (Fsp3) is 0.500. The number of benzene rings is 2. The Bertz CT molecular complexity index is 855. The third kappa shape index (κ3) is 7.65. The zero-order valence-electron chi connectivity index (χ0n) is 21.8. The van der Waals surface area contributed by atoms with Gasteiger partial charge < -0.3 is 9.39 Å². The fourth-order valence-corrected chi connectivity index (χ4v) is 4.82. The molecule has 0 spiro atoms. The van der Waals surface area contributed by atoms with E-state index < -0.39 is 0 Å². The third-order valence-electron chi connectivity index (χ3n) is 6.77. The quantitative estimate of drug-likeness (QED) is 0.148. The van der Waals surface area contributed by atoms with Gasteiger partial charge in [-0.1, -0.05) is 114 Å². The van der Waals surface area contributed by atoms with Gasteiger partial charge in [0.05, 0.1) is 6.04 Å². The largest absolute Gasteiger partial charge is 0.549 e. The van der Waals surface area contributed by atoms with Gasteiger partial charge in [-0.25, -0.2) is 9.69 Å². The summed E-state index contributed by atoms with van der Waals surface area (Å²) in [6, 6.07) is 20.7. The molecule has 1 fully saturated rings. The van der Waals surface area contributed by atoms with Crippen molar-refractivity contribution >= 4 is 13.0 Å². The van der Waals surface area contributed by atoms with Crippen molar-refractivity contribution in [3.8, 4) is 0 Å². The van der Waals surface area contributed by atoms with Gasteiger partial charge >= 0.3 is 13.0 Å². The Morgan fingerprint density at radius 2 is 1.49 bits per heavy atom. The van der Waals surface area contributed by atoms with E-state index in [2.05, 4.69) is 75.4 Å². The molecule has 1 atom stereocenters. The Morgan fingerprint density at radius 3 is 2.00 bits per heavy atom. The third-order valence-corrected chi connectivity index (χ3v) is 6.77. The molecule has 4 nitrogen and oxygen atoms in total. The van der Waals surface area contributed by atoms with E-state index in [1.54, 1.807) is 0 Å². The Balaban J connectivity index is 1.97. The van der Waals surface area contributed by atoms with E-state index in [9.17, 15) is 4.79 Å². The van der Waals surface area contributed by atoms with Crippen molar-refractivity contribution in [3.63, 3.8) is 0 Å². The molecule has 2 aromatic carbocycles. The Morgan fingerprint density at radius 1 is 0.943 bits per heavy atom. The highest BCUT2D eigenvalue weighted by molar-refractivity contribution is 6.52. The Kier molecular flexibility index (Phi) is 11.3. The molecule has 2 aromatic rings. The van der Waals surface area contributed by atoms with E-state index in [4.69, 9.17) is 9.39 Å². The number of hydrogen-bond acceptors (Lipinski definition) is 3. The molecule has 0 unspecified atom stereocenters. The SMILES string of the molecule is CCCC/C=C(\OB(CCCC)CCCC)N1C(=O)OC[C@H]1C(c1ccccc1)c1ccccc1. The van der Waals surface area contributed by atoms with Crippen LogP contribution in [0.25, 0.3) is 0 Å². The van der Waals surface area contributed by atoms with Crippen molar-refractivity contribution in [2.24, 2.45) is 0 Å². The zero-order valence-corrected chi connectivity index (χ0v) is 21.8. The van der Waals surface area contributed by atoms with Crippen LogP contribution < -0.4 is 0 Å². The molecule has 35 heavy (non-hydrogen) atoms. The first-order valence-corrected chi connectivity index (χ1v) is 13.6. The maximum absolute atomic E-state index is 13.2. The van der Waals surface area contributed by atoms with Gasteiger partial charge in [0.1, 0.15) is 6.61 Å². The van der Waals surface area contributed by atoms with Gasteiger partial charge in [0.15, 0.2) is 5.88 Å². The number of carbonyl (C=O) groups excluding carboxylic acids is 1. The molecule has 0 aromatic heterocycles. The van der Waals surface area contributed by atoms with Gasteiger partial charge in [0.25, 0.3) is 0 Å². The average Bonchev–Trinajstić information content (AvgIpc) is 3.27. The van der Waals surface area contributed by atoms with E-state index >= 15 is 0 Å². The molecule has 1 amide bonds. The molecular weight excluding hydrogens is 433 g/mol. The maximum Gasteiger partial charge on any atom is 0.417 e. The summed E-state index contributed by atoms with van der Waals surface area (Å²) in [6.07, 6.45) is 11.4. The van der Waals surface area contributed by atoms with Crippen molar-refractivity contribution in [3.05, 3.63) is 83.7 Å². The first-order chi connectivity index (χ1) is 17.2. The van der Waals surface area contributed by atoms with Gasteiger partial charge in [-0.2, -0.15) is 0 Å². The lowest BCUT2D eigenvalue weighted by atomic mass is 9.59. The highest BCUT2D eigenvalue weighted by Crippen LogP contribution is 2.37. The second-order valence-corrected chi connectivity index (χ2v) is 9.52. The zero-order chi connectivity index (χ0) is 24.9. The normalized spacial score (nSPS) is 16.0. The van der Waals surface area contributed by atoms with Gasteiger partial charge in [-0.05, 0) is 42.7 Å². The summed E-state index contributed by atoms with van der Waals surface area (Å²) >= 11 is 0. The average molecular weight is 475 g/mol. The molecule has 188 valence electrons. The van der Waals surface area contributed by atoms with Gasteiger partial charge in [-0.3, -0.25) is 0 Å². The van der Waals surface area contributed by atoms with E-state index in [0.717, 1.165) is 57.6 Å². The summed E-state index contributed by atoms with van der Waals surface area (Å²) < 4.78 is 12.4. The minimum atomic E-state index is -0.306. The van der Waals surface area contributed by atoms with Gasteiger partial charge in [0.2, 0.25) is 0 Å². The second-order valence-electron chi connectivity index (χ2n) is 9.52. The molecule has 0 radical (unpaired) electrons. The molecule has 0 bridgehead atoms. The summed E-state index contributed by atoms with van der Waals surface area (Å²) in [5, 5.41) is 0. The van der Waals surface area contributed by atoms with Crippen LogP contribution in [-0.4, -0.2) is 30.6 Å². The van der Waals surface area contributed by atoms with E-state index in [0.29, 0.717) is 12.5 Å². The molecule has 0 saturated carbocycles. The first-order valence-electron chi connectivity index (χ1n) is 13.6. The number of cyclic esters (lactones) is 1. The summed E-state index contributed by atoms with van der Waals surface area (Å²) in [6.45, 7) is 7.08. The molecular formula is C30H42BNO3. The molecule has 0 aliphatic carbocycles. The van der Waals surface area contributed by atoms with Crippen LogP contribution in [0.3, 0.4) is 0 Å². The van der Waals surface area contributed by atoms with Crippen LogP contribution in [0.2, 0.25) is 12.6 Å². The minimum Gasteiger partial charge on any atom is -0.549 e. The van der Waals surface area contributed by atoms with Crippen LogP contribution in [0.5, 0.6) is 0 Å². The topological polar surface area (TPSA) is 38.8 Å². The fourth-order valence-electron chi connectivity index (χ4n) is 4.82. The molecule has 1 aliphatic rings. The van der Waals surface area contributed by atoms with Crippen LogP contribution >= 0.6 is 0 Å². The predicted molar refractivity (Wildman–Crippen MR) is 146 cm³/mol. The van der Waals surface area contributed by atoms with E-state index in [1.165, 1.54) is 11.1 Å². The van der Waals surface area contributed by atoms with Crippen molar-refractivity contribution in [2.45, 2.75) is 90.3 Å². The van der Waals surface area contributed by atoms with Crippen LogP contribution in [0.15, 0.2) is 72.6 Å². The summed E-state index contributed by atoms with van der Waals surface area (Å²) in [5.41, 5.74) is 2.35. The lowest BCUT2D eigenvalue weighted by molar-refractivity contribution is 0.151. The van der Waals surface area contributed by atoms with Gasteiger partial charge in [0, 0.05) is 5.92 Å². The molecule has 1 saturated heterocycles. The highest BCUT2D eigenvalue weighted by Gasteiger charge is 2.43. The predicted octanol–water partition coefficient (Wildman–Crippen LogP) is 8.28. The van der Waals surface area contributed by atoms with Gasteiger partial charge in [-0.15, -0.1) is 0 Å². The number of allylic oxidation sites excluding steroid dienone is 1. The van der Waals surface area contributed by atoms with Crippen molar-refractivity contribution in [1.82, 2.24) is 4.90 Å². The number of unbranched alkanes of at least 4 members (excludes halogenated alkanes) is 4. The second kappa shape index (κ2) is 14.7. The summed E-state index contributed by atoms with van der Waals surface area (Å²) in [5.74, 6) is 0.673. The first kappa shape index (κ1) is 26.9. The lowest BCUT2D eigenvalue weighted by Gasteiger charge is -2.32. The van der Waals surface area contributed by atoms with Crippen LogP contribution in [0.4, 0.5) is 4.79 Å². The lowest BCUT2D eigenvalue weighted by Crippen LogP contribution is -2.40. The highest BCUT2D eigenvalue weighted by atomic mass is 16.6. The number of rotatable bonds is 15. The monoisotopic (exact) mass is 475 g/mol. The summed E-state index contributed by atoms with van der Waals surface area (Å²) in [4.78, 5) is 15.0. The summed E-state index contributed by atoms with van der Waals surface area (Å²) in [7, 11) is 0. The molecule has 1 aliphatic heterocycles.